The van der Waals surface area contributed by atoms with Crippen molar-refractivity contribution in [2.45, 2.75) is 26.9 Å². The van der Waals surface area contributed by atoms with E-state index in [0.29, 0.717) is 29.6 Å². The number of methoxy groups -OCH3 is 1. The minimum atomic E-state index is -0.159. The molecule has 3 aromatic rings. The van der Waals surface area contributed by atoms with E-state index >= 15 is 0 Å². The second kappa shape index (κ2) is 8.35. The standard InChI is InChI=1S/C20H21N3O4/c1-13-17(14(2)27-23-13)10-20(24)22-16-6-7-18(25-3)19(9-16)26-12-15-5-4-8-21-11-15/h4-9,11H,10,12H2,1-3H3,(H,22,24). The van der Waals surface area contributed by atoms with E-state index in [1.807, 2.05) is 19.1 Å². The van der Waals surface area contributed by atoms with Crippen molar-refractivity contribution < 1.29 is 18.8 Å². The Kier molecular flexibility index (Phi) is 5.71. The third-order valence-corrected chi connectivity index (χ3v) is 4.08. The lowest BCUT2D eigenvalue weighted by Crippen LogP contribution is -2.15. The van der Waals surface area contributed by atoms with Crippen LogP contribution in [0, 0.1) is 13.8 Å². The zero-order chi connectivity index (χ0) is 19.2. The fourth-order valence-electron chi connectivity index (χ4n) is 2.63. The van der Waals surface area contributed by atoms with E-state index in [0.717, 1.165) is 16.8 Å². The number of amides is 1. The Bertz CT molecular complexity index is 903. The molecule has 0 bridgehead atoms. The quantitative estimate of drug-likeness (QED) is 0.688. The zero-order valence-electron chi connectivity index (χ0n) is 15.5. The zero-order valence-corrected chi connectivity index (χ0v) is 15.5. The molecule has 2 aromatic heterocycles. The van der Waals surface area contributed by atoms with E-state index in [1.54, 1.807) is 44.6 Å². The molecule has 7 heteroatoms. The summed E-state index contributed by atoms with van der Waals surface area (Å²) in [5, 5.41) is 6.74. The second-order valence-electron chi connectivity index (χ2n) is 6.04. The van der Waals surface area contributed by atoms with Gasteiger partial charge in [0.25, 0.3) is 0 Å². The third-order valence-electron chi connectivity index (χ3n) is 4.08. The maximum absolute atomic E-state index is 12.4. The molecule has 0 aliphatic rings. The number of benzene rings is 1. The van der Waals surface area contributed by atoms with Crippen LogP contribution in [0.4, 0.5) is 5.69 Å². The molecule has 0 spiro atoms. The predicted molar refractivity (Wildman–Crippen MR) is 99.9 cm³/mol. The summed E-state index contributed by atoms with van der Waals surface area (Å²) in [7, 11) is 1.57. The van der Waals surface area contributed by atoms with Gasteiger partial charge in [0.05, 0.1) is 19.2 Å². The summed E-state index contributed by atoms with van der Waals surface area (Å²) in [5.41, 5.74) is 3.08. The van der Waals surface area contributed by atoms with Crippen LogP contribution < -0.4 is 14.8 Å². The van der Waals surface area contributed by atoms with Crippen molar-refractivity contribution in [2.75, 3.05) is 12.4 Å². The van der Waals surface area contributed by atoms with Crippen molar-refractivity contribution in [1.29, 1.82) is 0 Å². The number of rotatable bonds is 7. The molecule has 140 valence electrons. The van der Waals surface area contributed by atoms with Crippen molar-refractivity contribution in [3.63, 3.8) is 0 Å². The number of aromatic nitrogens is 2. The van der Waals surface area contributed by atoms with Gasteiger partial charge in [-0.05, 0) is 32.0 Å². The summed E-state index contributed by atoms with van der Waals surface area (Å²) in [6, 6.07) is 9.03. The number of nitrogens with zero attached hydrogens (tertiary/aromatic N) is 2. The molecule has 0 radical (unpaired) electrons. The summed E-state index contributed by atoms with van der Waals surface area (Å²) in [5.74, 6) is 1.62. The van der Waals surface area contributed by atoms with E-state index in [2.05, 4.69) is 15.5 Å². The van der Waals surface area contributed by atoms with Gasteiger partial charge in [0.2, 0.25) is 5.91 Å². The van der Waals surface area contributed by atoms with Crippen molar-refractivity contribution >= 4 is 11.6 Å². The molecule has 0 saturated heterocycles. The number of carbonyl (C=O) groups is 1. The molecule has 7 nitrogen and oxygen atoms in total. The molecular weight excluding hydrogens is 346 g/mol. The lowest BCUT2D eigenvalue weighted by molar-refractivity contribution is -0.115. The first kappa shape index (κ1) is 18.4. The van der Waals surface area contributed by atoms with Crippen LogP contribution in [0.5, 0.6) is 11.5 Å². The molecule has 0 aliphatic carbocycles. The van der Waals surface area contributed by atoms with Gasteiger partial charge in [-0.25, -0.2) is 0 Å². The minimum absolute atomic E-state index is 0.159. The van der Waals surface area contributed by atoms with Crippen LogP contribution in [0.2, 0.25) is 0 Å². The number of carbonyl (C=O) groups excluding carboxylic acids is 1. The molecule has 0 saturated carbocycles. The number of aryl methyl sites for hydroxylation is 2. The molecule has 0 fully saturated rings. The normalized spacial score (nSPS) is 10.5. The Morgan fingerprint density at radius 2 is 2.07 bits per heavy atom. The Morgan fingerprint density at radius 1 is 1.22 bits per heavy atom. The van der Waals surface area contributed by atoms with Crippen LogP contribution in [-0.4, -0.2) is 23.2 Å². The predicted octanol–water partition coefficient (Wildman–Crippen LogP) is 3.46. The van der Waals surface area contributed by atoms with Gasteiger partial charge in [0.15, 0.2) is 11.5 Å². The SMILES string of the molecule is COc1ccc(NC(=O)Cc2c(C)noc2C)cc1OCc1cccnc1. The van der Waals surface area contributed by atoms with Gasteiger partial charge >= 0.3 is 0 Å². The first-order valence-corrected chi connectivity index (χ1v) is 8.48. The molecule has 3 rings (SSSR count). The number of hydrogen-bond donors (Lipinski definition) is 1. The largest absolute Gasteiger partial charge is 0.493 e. The molecule has 1 amide bonds. The molecular formula is C20H21N3O4. The first-order chi connectivity index (χ1) is 13.1. The first-order valence-electron chi connectivity index (χ1n) is 8.48. The van der Waals surface area contributed by atoms with Crippen LogP contribution in [0.1, 0.15) is 22.6 Å². The Labute approximate surface area is 157 Å². The lowest BCUT2D eigenvalue weighted by atomic mass is 10.1. The summed E-state index contributed by atoms with van der Waals surface area (Å²) in [4.78, 5) is 16.4. The van der Waals surface area contributed by atoms with Gasteiger partial charge in [-0.3, -0.25) is 9.78 Å². The van der Waals surface area contributed by atoms with Crippen molar-refractivity contribution in [2.24, 2.45) is 0 Å². The molecule has 0 atom stereocenters. The maximum Gasteiger partial charge on any atom is 0.229 e. The molecule has 27 heavy (non-hydrogen) atoms. The number of nitrogens with one attached hydrogen (secondary N) is 1. The summed E-state index contributed by atoms with van der Waals surface area (Å²) < 4.78 is 16.3. The lowest BCUT2D eigenvalue weighted by Gasteiger charge is -2.13. The number of anilines is 1. The number of ether oxygens (including phenoxy) is 2. The van der Waals surface area contributed by atoms with Crippen LogP contribution in [0.3, 0.4) is 0 Å². The van der Waals surface area contributed by atoms with E-state index < -0.39 is 0 Å². The van der Waals surface area contributed by atoms with Crippen molar-refractivity contribution in [3.8, 4) is 11.5 Å². The summed E-state index contributed by atoms with van der Waals surface area (Å²) in [6.07, 6.45) is 3.64. The highest BCUT2D eigenvalue weighted by Crippen LogP contribution is 2.31. The molecule has 0 aliphatic heterocycles. The molecule has 1 aromatic carbocycles. The van der Waals surface area contributed by atoms with Crippen LogP contribution >= 0.6 is 0 Å². The van der Waals surface area contributed by atoms with Gasteiger partial charge in [-0.15, -0.1) is 0 Å². The molecule has 1 N–H and O–H groups in total. The van der Waals surface area contributed by atoms with E-state index in [-0.39, 0.29) is 12.3 Å². The van der Waals surface area contributed by atoms with E-state index in [9.17, 15) is 4.79 Å². The fourth-order valence-corrected chi connectivity index (χ4v) is 2.63. The van der Waals surface area contributed by atoms with Gasteiger partial charge in [-0.1, -0.05) is 11.2 Å². The average molecular weight is 367 g/mol. The van der Waals surface area contributed by atoms with Crippen LogP contribution in [-0.2, 0) is 17.8 Å². The Morgan fingerprint density at radius 3 is 2.74 bits per heavy atom. The molecule has 0 unspecified atom stereocenters. The number of pyridine rings is 1. The fraction of sp³-hybridized carbons (Fsp3) is 0.250. The Balaban J connectivity index is 1.69. The highest BCUT2D eigenvalue weighted by atomic mass is 16.5. The highest BCUT2D eigenvalue weighted by molar-refractivity contribution is 5.92. The average Bonchev–Trinajstić information content (AvgIpc) is 2.99. The highest BCUT2D eigenvalue weighted by Gasteiger charge is 2.14. The second-order valence-corrected chi connectivity index (χ2v) is 6.04. The van der Waals surface area contributed by atoms with Crippen molar-refractivity contribution in [1.82, 2.24) is 10.1 Å². The Hall–Kier alpha value is -3.35. The number of hydrogen-bond acceptors (Lipinski definition) is 6. The van der Waals surface area contributed by atoms with Gasteiger partial charge in [0.1, 0.15) is 12.4 Å². The van der Waals surface area contributed by atoms with Crippen LogP contribution in [0.15, 0.2) is 47.2 Å². The summed E-state index contributed by atoms with van der Waals surface area (Å²) >= 11 is 0. The monoisotopic (exact) mass is 367 g/mol. The van der Waals surface area contributed by atoms with Gasteiger partial charge in [0, 0.05) is 35.3 Å². The van der Waals surface area contributed by atoms with E-state index in [1.165, 1.54) is 0 Å². The smallest absolute Gasteiger partial charge is 0.229 e. The van der Waals surface area contributed by atoms with E-state index in [4.69, 9.17) is 14.0 Å². The van der Waals surface area contributed by atoms with Gasteiger partial charge < -0.3 is 19.3 Å². The summed E-state index contributed by atoms with van der Waals surface area (Å²) in [6.45, 7) is 3.96. The molecule has 2 heterocycles. The van der Waals surface area contributed by atoms with Crippen molar-refractivity contribution in [3.05, 3.63) is 65.3 Å². The maximum atomic E-state index is 12.4. The van der Waals surface area contributed by atoms with Crippen LogP contribution in [0.25, 0.3) is 0 Å². The topological polar surface area (TPSA) is 86.5 Å². The third kappa shape index (κ3) is 4.63. The van der Waals surface area contributed by atoms with Gasteiger partial charge in [-0.2, -0.15) is 0 Å². The minimum Gasteiger partial charge on any atom is -0.493 e.